The highest BCUT2D eigenvalue weighted by Gasteiger charge is 2.22. The predicted molar refractivity (Wildman–Crippen MR) is 115 cm³/mol. The Morgan fingerprint density at radius 3 is 1.96 bits per heavy atom. The summed E-state index contributed by atoms with van der Waals surface area (Å²) in [4.78, 5) is 16.7. The maximum absolute atomic E-state index is 5.54. The van der Waals surface area contributed by atoms with E-state index in [9.17, 15) is 0 Å². The smallest absolute Gasteiger partial charge is 0.142 e. The Balaban J connectivity index is 1.47. The van der Waals surface area contributed by atoms with Gasteiger partial charge in [0.15, 0.2) is 0 Å². The molecule has 0 saturated carbocycles. The zero-order valence-corrected chi connectivity index (χ0v) is 17.1. The molecule has 3 heterocycles. The van der Waals surface area contributed by atoms with Crippen molar-refractivity contribution in [1.29, 1.82) is 0 Å². The van der Waals surface area contributed by atoms with Crippen LogP contribution in [0, 0.1) is 6.92 Å². The van der Waals surface area contributed by atoms with Crippen molar-refractivity contribution in [2.45, 2.75) is 32.6 Å². The van der Waals surface area contributed by atoms with Gasteiger partial charge in [0.1, 0.15) is 23.2 Å². The van der Waals surface area contributed by atoms with Crippen molar-refractivity contribution in [2.24, 2.45) is 0 Å². The first kappa shape index (κ1) is 18.8. The molecule has 1 aromatic carbocycles. The van der Waals surface area contributed by atoms with Crippen molar-refractivity contribution in [3.8, 4) is 5.75 Å². The molecule has 0 radical (unpaired) electrons. The Morgan fingerprint density at radius 1 is 0.750 bits per heavy atom. The number of rotatable bonds is 4. The fourth-order valence-corrected chi connectivity index (χ4v) is 4.23. The molecular weight excluding hydrogens is 350 g/mol. The van der Waals surface area contributed by atoms with E-state index in [-0.39, 0.29) is 0 Å². The third kappa shape index (κ3) is 4.16. The zero-order valence-electron chi connectivity index (χ0n) is 17.1. The van der Waals surface area contributed by atoms with Crippen LogP contribution in [0.3, 0.4) is 0 Å². The van der Waals surface area contributed by atoms with Gasteiger partial charge in [0.25, 0.3) is 0 Å². The lowest BCUT2D eigenvalue weighted by molar-refractivity contribution is 0.413. The van der Waals surface area contributed by atoms with Gasteiger partial charge in [0, 0.05) is 45.3 Å². The highest BCUT2D eigenvalue weighted by molar-refractivity contribution is 5.60. The van der Waals surface area contributed by atoms with E-state index in [4.69, 9.17) is 14.7 Å². The molecule has 0 N–H and O–H groups in total. The first-order valence-electron chi connectivity index (χ1n) is 10.5. The number of nitrogens with zero attached hydrogens (tertiary/aromatic N) is 5. The monoisotopic (exact) mass is 381 g/mol. The molecule has 2 saturated heterocycles. The number of hydrogen-bond acceptors (Lipinski definition) is 6. The second-order valence-electron chi connectivity index (χ2n) is 7.68. The summed E-state index contributed by atoms with van der Waals surface area (Å²) in [6, 6.07) is 10.5. The number of methoxy groups -OCH3 is 1. The molecule has 2 aliphatic rings. The minimum absolute atomic E-state index is 0.865. The van der Waals surface area contributed by atoms with E-state index >= 15 is 0 Å². The lowest BCUT2D eigenvalue weighted by Gasteiger charge is -2.37. The van der Waals surface area contributed by atoms with Crippen molar-refractivity contribution < 1.29 is 4.74 Å². The summed E-state index contributed by atoms with van der Waals surface area (Å²) in [6.45, 7) is 8.05. The van der Waals surface area contributed by atoms with Crippen LogP contribution in [0.15, 0.2) is 30.3 Å². The van der Waals surface area contributed by atoms with Crippen molar-refractivity contribution in [2.75, 3.05) is 61.1 Å². The van der Waals surface area contributed by atoms with E-state index in [1.165, 1.54) is 31.4 Å². The van der Waals surface area contributed by atoms with Crippen LogP contribution in [0.25, 0.3) is 0 Å². The average Bonchev–Trinajstić information content (AvgIpc) is 3.03. The fourth-order valence-electron chi connectivity index (χ4n) is 4.23. The number of ether oxygens (including phenoxy) is 1. The maximum atomic E-state index is 5.54. The number of anilines is 3. The lowest BCUT2D eigenvalue weighted by atomic mass is 10.2. The standard InChI is InChI=1S/C22H31N5O/c1-18-23-21(26-11-7-3-4-8-12-26)17-22(24-18)27-15-13-25(14-16-27)19-9-5-6-10-20(19)28-2/h5-6,9-10,17H,3-4,7-8,11-16H2,1-2H3. The van der Waals surface area contributed by atoms with Gasteiger partial charge in [-0.15, -0.1) is 0 Å². The third-order valence-corrected chi connectivity index (χ3v) is 5.77. The summed E-state index contributed by atoms with van der Waals surface area (Å²) in [5, 5.41) is 0. The molecule has 2 aliphatic heterocycles. The van der Waals surface area contributed by atoms with E-state index in [1.807, 2.05) is 19.1 Å². The molecule has 28 heavy (non-hydrogen) atoms. The molecule has 0 unspecified atom stereocenters. The van der Waals surface area contributed by atoms with Gasteiger partial charge in [0.2, 0.25) is 0 Å². The normalized spacial score (nSPS) is 18.1. The SMILES string of the molecule is COc1ccccc1N1CCN(c2cc(N3CCCCCC3)nc(C)n2)CC1. The van der Waals surface area contributed by atoms with Crippen LogP contribution < -0.4 is 19.4 Å². The first-order valence-corrected chi connectivity index (χ1v) is 10.5. The van der Waals surface area contributed by atoms with E-state index in [0.29, 0.717) is 0 Å². The molecule has 0 atom stereocenters. The van der Waals surface area contributed by atoms with Crippen molar-refractivity contribution in [1.82, 2.24) is 9.97 Å². The minimum atomic E-state index is 0.865. The molecule has 150 valence electrons. The van der Waals surface area contributed by atoms with Crippen LogP contribution >= 0.6 is 0 Å². The molecular formula is C22H31N5O. The Labute approximate surface area is 168 Å². The topological polar surface area (TPSA) is 44.7 Å². The van der Waals surface area contributed by atoms with E-state index in [1.54, 1.807) is 7.11 Å². The summed E-state index contributed by atoms with van der Waals surface area (Å²) in [5.74, 6) is 3.96. The van der Waals surface area contributed by atoms with Crippen LogP contribution in [-0.2, 0) is 0 Å². The molecule has 2 fully saturated rings. The maximum Gasteiger partial charge on any atom is 0.142 e. The zero-order chi connectivity index (χ0) is 19.3. The van der Waals surface area contributed by atoms with E-state index in [0.717, 1.165) is 62.5 Å². The summed E-state index contributed by atoms with van der Waals surface area (Å²) < 4.78 is 5.54. The minimum Gasteiger partial charge on any atom is -0.495 e. The van der Waals surface area contributed by atoms with Crippen LogP contribution in [0.5, 0.6) is 5.75 Å². The number of piperazine rings is 1. The van der Waals surface area contributed by atoms with Crippen molar-refractivity contribution >= 4 is 17.3 Å². The molecule has 0 aliphatic carbocycles. The molecule has 2 aromatic rings. The summed E-state index contributed by atoms with van der Waals surface area (Å²) in [5.41, 5.74) is 1.17. The quantitative estimate of drug-likeness (QED) is 0.808. The molecule has 0 amide bonds. The van der Waals surface area contributed by atoms with Crippen molar-refractivity contribution in [3.05, 3.63) is 36.2 Å². The number of para-hydroxylation sites is 2. The van der Waals surface area contributed by atoms with Crippen LogP contribution in [0.1, 0.15) is 31.5 Å². The van der Waals surface area contributed by atoms with Gasteiger partial charge in [-0.2, -0.15) is 0 Å². The molecule has 6 heteroatoms. The fraction of sp³-hybridized carbons (Fsp3) is 0.545. The first-order chi connectivity index (χ1) is 13.7. The van der Waals surface area contributed by atoms with Gasteiger partial charge in [-0.3, -0.25) is 0 Å². The second-order valence-corrected chi connectivity index (χ2v) is 7.68. The van der Waals surface area contributed by atoms with Crippen LogP contribution in [0.4, 0.5) is 17.3 Å². The summed E-state index contributed by atoms with van der Waals surface area (Å²) in [6.07, 6.45) is 5.18. The molecule has 6 nitrogen and oxygen atoms in total. The Hall–Kier alpha value is -2.50. The Bertz CT molecular complexity index is 780. The van der Waals surface area contributed by atoms with E-state index < -0.39 is 0 Å². The van der Waals surface area contributed by atoms with Gasteiger partial charge >= 0.3 is 0 Å². The van der Waals surface area contributed by atoms with Gasteiger partial charge in [0.05, 0.1) is 12.8 Å². The molecule has 1 aromatic heterocycles. The van der Waals surface area contributed by atoms with Gasteiger partial charge in [-0.05, 0) is 31.9 Å². The number of hydrogen-bond donors (Lipinski definition) is 0. The Kier molecular flexibility index (Phi) is 5.84. The summed E-state index contributed by atoms with van der Waals surface area (Å²) in [7, 11) is 1.74. The Morgan fingerprint density at radius 2 is 1.32 bits per heavy atom. The molecule has 0 bridgehead atoms. The van der Waals surface area contributed by atoms with Crippen molar-refractivity contribution in [3.63, 3.8) is 0 Å². The number of benzene rings is 1. The largest absolute Gasteiger partial charge is 0.495 e. The highest BCUT2D eigenvalue weighted by atomic mass is 16.5. The predicted octanol–water partition coefficient (Wildman–Crippen LogP) is 3.50. The van der Waals surface area contributed by atoms with Crippen LogP contribution in [0.2, 0.25) is 0 Å². The average molecular weight is 382 g/mol. The number of aromatic nitrogens is 2. The third-order valence-electron chi connectivity index (χ3n) is 5.77. The number of aryl methyl sites for hydroxylation is 1. The van der Waals surface area contributed by atoms with Gasteiger partial charge in [-0.1, -0.05) is 25.0 Å². The molecule has 4 rings (SSSR count). The lowest BCUT2D eigenvalue weighted by Crippen LogP contribution is -2.47. The van der Waals surface area contributed by atoms with E-state index in [2.05, 4.69) is 32.9 Å². The molecule has 0 spiro atoms. The second kappa shape index (κ2) is 8.67. The van der Waals surface area contributed by atoms with Crippen LogP contribution in [-0.4, -0.2) is 56.3 Å². The summed E-state index contributed by atoms with van der Waals surface area (Å²) >= 11 is 0. The highest BCUT2D eigenvalue weighted by Crippen LogP contribution is 2.29. The van der Waals surface area contributed by atoms with Gasteiger partial charge < -0.3 is 19.4 Å². The van der Waals surface area contributed by atoms with Gasteiger partial charge in [-0.25, -0.2) is 9.97 Å².